The summed E-state index contributed by atoms with van der Waals surface area (Å²) < 4.78 is 17.3. The molecule has 1 N–H and O–H groups in total. The average Bonchev–Trinajstić information content (AvgIpc) is 3.06. The zero-order valence-electron chi connectivity index (χ0n) is 19.3. The molecule has 2 saturated heterocycles. The van der Waals surface area contributed by atoms with Crippen molar-refractivity contribution in [2.75, 3.05) is 20.2 Å². The van der Waals surface area contributed by atoms with Crippen molar-refractivity contribution in [3.8, 4) is 17.1 Å². The Morgan fingerprint density at radius 2 is 1.97 bits per heavy atom. The van der Waals surface area contributed by atoms with Crippen molar-refractivity contribution in [2.24, 2.45) is 11.3 Å². The van der Waals surface area contributed by atoms with E-state index in [2.05, 4.69) is 0 Å². The van der Waals surface area contributed by atoms with Gasteiger partial charge in [-0.25, -0.2) is 4.79 Å². The van der Waals surface area contributed by atoms with E-state index in [1.54, 1.807) is 12.0 Å². The fourth-order valence-electron chi connectivity index (χ4n) is 5.08. The van der Waals surface area contributed by atoms with Gasteiger partial charge < -0.3 is 23.9 Å². The third-order valence-corrected chi connectivity index (χ3v) is 6.41. The number of methoxy groups -OCH3 is 1. The summed E-state index contributed by atoms with van der Waals surface area (Å²) in [6.45, 7) is 10.8. The molecule has 5 rings (SSSR count). The van der Waals surface area contributed by atoms with Crippen LogP contribution >= 0.6 is 0 Å². The summed E-state index contributed by atoms with van der Waals surface area (Å²) in [5.74, 6) is 2.38. The van der Waals surface area contributed by atoms with Crippen LogP contribution in [0, 0.1) is 25.2 Å². The molecule has 6 nitrogen and oxygen atoms in total. The van der Waals surface area contributed by atoms with Crippen molar-refractivity contribution in [3.63, 3.8) is 0 Å². The number of furan rings is 1. The highest BCUT2D eigenvalue weighted by Gasteiger charge is 2.56. The Morgan fingerprint density at radius 1 is 1.26 bits per heavy atom. The quantitative estimate of drug-likeness (QED) is 0.721. The maximum Gasteiger partial charge on any atom is 0.410 e. The molecule has 1 atom stereocenters. The number of carbonyl (C=O) groups excluding carboxylic acids is 1. The van der Waals surface area contributed by atoms with E-state index >= 15 is 0 Å². The number of aliphatic hydroxyl groups excluding tert-OH is 1. The lowest BCUT2D eigenvalue weighted by Crippen LogP contribution is -2.60. The summed E-state index contributed by atoms with van der Waals surface area (Å²) in [6, 6.07) is 7.89. The SMILES string of the molecule is COc1cc(C)ccc1-c1oc(C(O)C23CC(CN(C(=O)OC(C)(C)C)C2)C3)cc1C. The van der Waals surface area contributed by atoms with Crippen LogP contribution < -0.4 is 4.74 Å². The first-order valence-corrected chi connectivity index (χ1v) is 10.9. The molecular formula is C25H33NO5. The fourth-order valence-corrected chi connectivity index (χ4v) is 5.08. The molecule has 31 heavy (non-hydrogen) atoms. The fraction of sp³-hybridized carbons (Fsp3) is 0.560. The number of aryl methyl sites for hydroxylation is 2. The number of fused-ring (bicyclic) bond motifs is 2. The van der Waals surface area contributed by atoms with E-state index in [9.17, 15) is 9.90 Å². The highest BCUT2D eigenvalue weighted by molar-refractivity contribution is 5.70. The van der Waals surface area contributed by atoms with E-state index < -0.39 is 17.1 Å². The minimum Gasteiger partial charge on any atom is -0.496 e. The maximum atomic E-state index is 12.6. The van der Waals surface area contributed by atoms with Gasteiger partial charge in [-0.1, -0.05) is 6.07 Å². The molecular weight excluding hydrogens is 394 g/mol. The number of ether oxygens (including phenoxy) is 2. The van der Waals surface area contributed by atoms with Gasteiger partial charge in [-0.05, 0) is 82.7 Å². The number of carbonyl (C=O) groups is 1. The Bertz CT molecular complexity index is 980. The Kier molecular flexibility index (Phi) is 5.32. The van der Waals surface area contributed by atoms with Crippen LogP contribution in [0.4, 0.5) is 4.79 Å². The molecule has 3 aliphatic rings. The summed E-state index contributed by atoms with van der Waals surface area (Å²) in [6.07, 6.45) is 0.680. The first-order valence-electron chi connectivity index (χ1n) is 10.9. The van der Waals surface area contributed by atoms with Crippen LogP contribution in [0.1, 0.15) is 56.6 Å². The Labute approximate surface area is 184 Å². The summed E-state index contributed by atoms with van der Waals surface area (Å²) in [5, 5.41) is 11.3. The number of nitrogens with zero attached hydrogens (tertiary/aromatic N) is 1. The second-order valence-electron chi connectivity index (χ2n) is 10.3. The maximum absolute atomic E-state index is 12.6. The van der Waals surface area contributed by atoms with Gasteiger partial charge in [0.15, 0.2) is 0 Å². The predicted molar refractivity (Wildman–Crippen MR) is 118 cm³/mol. The van der Waals surface area contributed by atoms with Gasteiger partial charge >= 0.3 is 6.09 Å². The van der Waals surface area contributed by atoms with Gasteiger partial charge in [-0.2, -0.15) is 0 Å². The van der Waals surface area contributed by atoms with Gasteiger partial charge in [0.25, 0.3) is 0 Å². The van der Waals surface area contributed by atoms with Gasteiger partial charge in [0, 0.05) is 18.5 Å². The molecule has 1 amide bonds. The van der Waals surface area contributed by atoms with Crippen LogP contribution in [-0.2, 0) is 4.74 Å². The Hall–Kier alpha value is -2.47. The van der Waals surface area contributed by atoms with Crippen molar-refractivity contribution in [2.45, 2.75) is 59.2 Å². The van der Waals surface area contributed by atoms with Crippen LogP contribution in [-0.4, -0.2) is 41.9 Å². The molecule has 1 aliphatic carbocycles. The molecule has 168 valence electrons. The lowest BCUT2D eigenvalue weighted by atomic mass is 9.56. The smallest absolute Gasteiger partial charge is 0.410 e. The number of aliphatic hydroxyl groups is 1. The molecule has 1 unspecified atom stereocenters. The van der Waals surface area contributed by atoms with Crippen LogP contribution in [0.15, 0.2) is 28.7 Å². The molecule has 3 heterocycles. The number of rotatable bonds is 4. The third-order valence-electron chi connectivity index (χ3n) is 6.41. The molecule has 3 fully saturated rings. The average molecular weight is 428 g/mol. The van der Waals surface area contributed by atoms with E-state index in [-0.39, 0.29) is 6.09 Å². The Morgan fingerprint density at radius 3 is 2.61 bits per heavy atom. The lowest BCUT2D eigenvalue weighted by molar-refractivity contribution is -0.139. The highest BCUT2D eigenvalue weighted by atomic mass is 16.6. The van der Waals surface area contributed by atoms with Crippen LogP contribution in [0.3, 0.4) is 0 Å². The van der Waals surface area contributed by atoms with Crippen LogP contribution in [0.2, 0.25) is 0 Å². The molecule has 1 aromatic carbocycles. The lowest BCUT2D eigenvalue weighted by Gasteiger charge is -2.57. The van der Waals surface area contributed by atoms with Crippen LogP contribution in [0.5, 0.6) is 5.75 Å². The third kappa shape index (κ3) is 4.05. The molecule has 1 aromatic heterocycles. The highest BCUT2D eigenvalue weighted by Crippen LogP contribution is 2.58. The molecule has 2 aromatic rings. The van der Waals surface area contributed by atoms with Gasteiger partial charge in [0.1, 0.15) is 29.0 Å². The topological polar surface area (TPSA) is 72.1 Å². The van der Waals surface area contributed by atoms with Crippen LogP contribution in [0.25, 0.3) is 11.3 Å². The molecule has 0 radical (unpaired) electrons. The molecule has 1 saturated carbocycles. The van der Waals surface area contributed by atoms with Crippen molar-refractivity contribution < 1.29 is 23.8 Å². The standard InChI is InChI=1S/C25H33NO5/c1-15-7-8-18(19(9-15)29-6)21-16(2)10-20(30-21)22(27)25-11-17(12-25)13-26(14-25)23(28)31-24(3,4)5/h7-10,17,22,27H,11-14H2,1-6H3. The van der Waals surface area contributed by atoms with Gasteiger partial charge in [-0.3, -0.25) is 0 Å². The summed E-state index contributed by atoms with van der Waals surface area (Å²) >= 11 is 0. The van der Waals surface area contributed by atoms with E-state index in [1.165, 1.54) is 0 Å². The minimum atomic E-state index is -0.780. The van der Waals surface area contributed by atoms with Gasteiger partial charge in [-0.15, -0.1) is 0 Å². The first-order chi connectivity index (χ1) is 14.5. The second-order valence-corrected chi connectivity index (χ2v) is 10.3. The van der Waals surface area contributed by atoms with E-state index in [0.717, 1.165) is 35.3 Å². The summed E-state index contributed by atoms with van der Waals surface area (Å²) in [4.78, 5) is 14.3. The predicted octanol–water partition coefficient (Wildman–Crippen LogP) is 5.25. The zero-order valence-corrected chi connectivity index (χ0v) is 19.3. The second kappa shape index (κ2) is 7.59. The summed E-state index contributed by atoms with van der Waals surface area (Å²) in [7, 11) is 1.65. The monoisotopic (exact) mass is 427 g/mol. The number of piperidine rings is 2. The Balaban J connectivity index is 1.57. The molecule has 0 spiro atoms. The number of amides is 1. The van der Waals surface area contributed by atoms with Crippen molar-refractivity contribution in [1.29, 1.82) is 0 Å². The number of benzene rings is 1. The number of hydrogen-bond donors (Lipinski definition) is 1. The molecule has 6 heteroatoms. The van der Waals surface area contributed by atoms with Crippen molar-refractivity contribution >= 4 is 6.09 Å². The van der Waals surface area contributed by atoms with Crippen molar-refractivity contribution in [1.82, 2.24) is 4.90 Å². The minimum absolute atomic E-state index is 0.311. The first kappa shape index (κ1) is 21.8. The number of hydrogen-bond acceptors (Lipinski definition) is 5. The molecule has 2 aliphatic heterocycles. The largest absolute Gasteiger partial charge is 0.496 e. The summed E-state index contributed by atoms with van der Waals surface area (Å²) in [5.41, 5.74) is 1.99. The van der Waals surface area contributed by atoms with Gasteiger partial charge in [0.2, 0.25) is 0 Å². The van der Waals surface area contributed by atoms with E-state index in [1.807, 2.05) is 58.9 Å². The zero-order chi connectivity index (χ0) is 22.6. The molecule has 2 bridgehead atoms. The van der Waals surface area contributed by atoms with E-state index in [0.29, 0.717) is 30.5 Å². The van der Waals surface area contributed by atoms with Crippen molar-refractivity contribution in [3.05, 3.63) is 41.2 Å². The van der Waals surface area contributed by atoms with Gasteiger partial charge in [0.05, 0.1) is 12.7 Å². The van der Waals surface area contributed by atoms with E-state index in [4.69, 9.17) is 13.9 Å². The normalized spacial score (nSPS) is 23.8.